The summed E-state index contributed by atoms with van der Waals surface area (Å²) in [5.74, 6) is 5.63. The van der Waals surface area contributed by atoms with Crippen molar-refractivity contribution in [1.29, 1.82) is 0 Å². The number of hydrogen-bond acceptors (Lipinski definition) is 7. The van der Waals surface area contributed by atoms with Gasteiger partial charge in [-0.15, -0.1) is 0 Å². The molecule has 0 radical (unpaired) electrons. The van der Waals surface area contributed by atoms with Crippen LogP contribution in [0, 0.1) is 0 Å². The highest BCUT2D eigenvalue weighted by Crippen LogP contribution is 2.39. The molecule has 0 aliphatic heterocycles. The molecular formula is C25H27BrN4O5. The van der Waals surface area contributed by atoms with Crippen LogP contribution in [-0.2, 0) is 4.79 Å². The molecule has 3 aromatic rings. The van der Waals surface area contributed by atoms with Gasteiger partial charge in [-0.1, -0.05) is 46.3 Å². The number of hydrogen-bond donors (Lipinski definition) is 4. The first-order chi connectivity index (χ1) is 16.9. The van der Waals surface area contributed by atoms with E-state index in [0.29, 0.717) is 28.5 Å². The number of nitrogens with one attached hydrogen (secondary N) is 3. The fourth-order valence-corrected chi connectivity index (χ4v) is 3.97. The molecule has 0 aliphatic carbocycles. The largest absolute Gasteiger partial charge is 0.493 e. The number of anilines is 1. The van der Waals surface area contributed by atoms with E-state index in [2.05, 4.69) is 32.0 Å². The Balaban J connectivity index is 2.01. The average Bonchev–Trinajstić information content (AvgIpc) is 2.89. The molecular weight excluding hydrogens is 516 g/mol. The lowest BCUT2D eigenvalue weighted by atomic mass is 9.96. The third-order valence-electron chi connectivity index (χ3n) is 5.26. The van der Waals surface area contributed by atoms with Crippen LogP contribution in [0.15, 0.2) is 65.1 Å². The van der Waals surface area contributed by atoms with E-state index in [1.807, 2.05) is 42.5 Å². The van der Waals surface area contributed by atoms with Gasteiger partial charge in [0.1, 0.15) is 0 Å². The lowest BCUT2D eigenvalue weighted by Crippen LogP contribution is -2.39. The average molecular weight is 543 g/mol. The summed E-state index contributed by atoms with van der Waals surface area (Å²) < 4.78 is 16.9. The third kappa shape index (κ3) is 6.30. The molecule has 5 N–H and O–H groups in total. The van der Waals surface area contributed by atoms with Gasteiger partial charge in [0.15, 0.2) is 11.5 Å². The fourth-order valence-electron chi connectivity index (χ4n) is 3.59. The second-order valence-corrected chi connectivity index (χ2v) is 8.31. The van der Waals surface area contributed by atoms with Crippen molar-refractivity contribution in [2.45, 2.75) is 6.04 Å². The molecule has 2 amide bonds. The molecule has 0 bridgehead atoms. The summed E-state index contributed by atoms with van der Waals surface area (Å²) in [6, 6.07) is 17.8. The van der Waals surface area contributed by atoms with Gasteiger partial charge in [-0.3, -0.25) is 20.3 Å². The molecule has 0 saturated heterocycles. The number of halogens is 1. The maximum absolute atomic E-state index is 13.3. The van der Waals surface area contributed by atoms with E-state index in [9.17, 15) is 9.59 Å². The second-order valence-electron chi connectivity index (χ2n) is 7.39. The van der Waals surface area contributed by atoms with Crippen LogP contribution in [0.2, 0.25) is 0 Å². The fraction of sp³-hybridized carbons (Fsp3) is 0.200. The van der Waals surface area contributed by atoms with E-state index in [4.69, 9.17) is 20.1 Å². The normalized spacial score (nSPS) is 11.3. The summed E-state index contributed by atoms with van der Waals surface area (Å²) in [4.78, 5) is 25.1. The molecule has 9 nitrogen and oxygen atoms in total. The highest BCUT2D eigenvalue weighted by Gasteiger charge is 2.22. The van der Waals surface area contributed by atoms with Crippen molar-refractivity contribution in [1.82, 2.24) is 10.7 Å². The van der Waals surface area contributed by atoms with Gasteiger partial charge in [0.25, 0.3) is 5.91 Å². The molecule has 35 heavy (non-hydrogen) atoms. The summed E-state index contributed by atoms with van der Waals surface area (Å²) in [7, 11) is 4.47. The number of hydrazine groups is 1. The molecule has 3 rings (SSSR count). The Labute approximate surface area is 212 Å². The van der Waals surface area contributed by atoms with Crippen LogP contribution in [0.5, 0.6) is 17.2 Å². The van der Waals surface area contributed by atoms with Crippen LogP contribution in [0.25, 0.3) is 0 Å². The summed E-state index contributed by atoms with van der Waals surface area (Å²) in [5.41, 5.74) is 4.64. The zero-order chi connectivity index (χ0) is 25.4. The van der Waals surface area contributed by atoms with Gasteiger partial charge in [0, 0.05) is 15.7 Å². The quantitative estimate of drug-likeness (QED) is 0.176. The topological polar surface area (TPSA) is 124 Å². The van der Waals surface area contributed by atoms with E-state index in [1.165, 1.54) is 21.3 Å². The van der Waals surface area contributed by atoms with Crippen molar-refractivity contribution < 1.29 is 23.8 Å². The summed E-state index contributed by atoms with van der Waals surface area (Å²) >= 11 is 3.51. The lowest BCUT2D eigenvalue weighted by molar-refractivity contribution is -0.120. The Hall–Kier alpha value is -3.60. The first-order valence-electron chi connectivity index (χ1n) is 10.6. The summed E-state index contributed by atoms with van der Waals surface area (Å²) in [5, 5.41) is 6.18. The van der Waals surface area contributed by atoms with Crippen molar-refractivity contribution in [2.75, 3.05) is 33.2 Å². The first-order valence-corrected chi connectivity index (χ1v) is 11.4. The maximum atomic E-state index is 13.3. The highest BCUT2D eigenvalue weighted by molar-refractivity contribution is 9.10. The van der Waals surface area contributed by atoms with Crippen LogP contribution >= 0.6 is 15.9 Å². The van der Waals surface area contributed by atoms with E-state index in [1.54, 1.807) is 18.2 Å². The number of carbonyl (C=O) groups is 2. The van der Waals surface area contributed by atoms with Crippen molar-refractivity contribution in [2.24, 2.45) is 5.84 Å². The zero-order valence-electron chi connectivity index (χ0n) is 19.6. The van der Waals surface area contributed by atoms with Gasteiger partial charge in [0.05, 0.1) is 33.9 Å². The zero-order valence-corrected chi connectivity index (χ0v) is 21.1. The molecule has 0 fully saturated rings. The second kappa shape index (κ2) is 12.2. The molecule has 0 aliphatic rings. The van der Waals surface area contributed by atoms with Crippen LogP contribution in [0.1, 0.15) is 27.5 Å². The van der Waals surface area contributed by atoms with Crippen molar-refractivity contribution >= 4 is 33.4 Å². The van der Waals surface area contributed by atoms with Crippen molar-refractivity contribution in [3.8, 4) is 17.2 Å². The van der Waals surface area contributed by atoms with Crippen LogP contribution in [0.3, 0.4) is 0 Å². The first kappa shape index (κ1) is 26.0. The predicted octanol–water partition coefficient (Wildman–Crippen LogP) is 3.40. The molecule has 1 atom stereocenters. The molecule has 0 saturated carbocycles. The number of rotatable bonds is 10. The minimum atomic E-state index is -0.416. The van der Waals surface area contributed by atoms with Gasteiger partial charge < -0.3 is 19.5 Å². The highest BCUT2D eigenvalue weighted by atomic mass is 79.9. The van der Waals surface area contributed by atoms with E-state index < -0.39 is 6.04 Å². The SMILES string of the molecule is COc1cc(C(=O)Nc2ccc(Br)cc2[C@@H](NCC(=O)NN)c2ccccc2)cc(OC)c1OC. The lowest BCUT2D eigenvalue weighted by Gasteiger charge is -2.23. The van der Waals surface area contributed by atoms with Gasteiger partial charge in [-0.05, 0) is 41.5 Å². The number of nitrogens with two attached hydrogens (primary N) is 1. The summed E-state index contributed by atoms with van der Waals surface area (Å²) in [6.07, 6.45) is 0. The van der Waals surface area contributed by atoms with Crippen LogP contribution in [0.4, 0.5) is 5.69 Å². The molecule has 0 spiro atoms. The number of methoxy groups -OCH3 is 3. The number of ether oxygens (including phenoxy) is 3. The van der Waals surface area contributed by atoms with Gasteiger partial charge in [-0.2, -0.15) is 0 Å². The Morgan fingerprint density at radius 1 is 0.943 bits per heavy atom. The van der Waals surface area contributed by atoms with Gasteiger partial charge >= 0.3 is 0 Å². The Bertz CT molecular complexity index is 1160. The van der Waals surface area contributed by atoms with Crippen LogP contribution in [-0.4, -0.2) is 39.7 Å². The van der Waals surface area contributed by atoms with Gasteiger partial charge in [0.2, 0.25) is 11.7 Å². The van der Waals surface area contributed by atoms with E-state index >= 15 is 0 Å². The smallest absolute Gasteiger partial charge is 0.255 e. The molecule has 184 valence electrons. The van der Waals surface area contributed by atoms with E-state index in [0.717, 1.165) is 15.6 Å². The standard InChI is InChI=1S/C25H27BrN4O5/c1-33-20-11-16(12-21(34-2)24(20)35-3)25(32)29-19-10-9-17(26)13-18(19)23(28-14-22(31)30-27)15-7-5-4-6-8-15/h4-13,23,28H,14,27H2,1-3H3,(H,29,32)(H,30,31)/t23-/m0/s1. The molecule has 3 aromatic carbocycles. The molecule has 10 heteroatoms. The molecule has 0 unspecified atom stereocenters. The molecule has 0 heterocycles. The van der Waals surface area contributed by atoms with E-state index in [-0.39, 0.29) is 18.4 Å². The maximum Gasteiger partial charge on any atom is 0.255 e. The van der Waals surface area contributed by atoms with Crippen LogP contribution < -0.4 is 36.1 Å². The Morgan fingerprint density at radius 3 is 2.17 bits per heavy atom. The minimum Gasteiger partial charge on any atom is -0.493 e. The number of amides is 2. The number of benzene rings is 3. The van der Waals surface area contributed by atoms with Crippen molar-refractivity contribution in [3.05, 3.63) is 81.8 Å². The predicted molar refractivity (Wildman–Crippen MR) is 137 cm³/mol. The third-order valence-corrected chi connectivity index (χ3v) is 5.75. The Kier molecular flexibility index (Phi) is 9.07. The van der Waals surface area contributed by atoms with Crippen molar-refractivity contribution in [3.63, 3.8) is 0 Å². The van der Waals surface area contributed by atoms with Gasteiger partial charge in [-0.25, -0.2) is 5.84 Å². The molecule has 0 aromatic heterocycles. The monoisotopic (exact) mass is 542 g/mol. The summed E-state index contributed by atoms with van der Waals surface area (Å²) in [6.45, 7) is -0.0250. The Morgan fingerprint density at radius 2 is 1.60 bits per heavy atom. The minimum absolute atomic E-state index is 0.0250. The number of carbonyl (C=O) groups excluding carboxylic acids is 2.